The number of rotatable bonds is 6. The number of nitrogens with one attached hydrogen (secondary N) is 1. The molecule has 0 aliphatic heterocycles. The number of hydrogen-bond acceptors (Lipinski definition) is 4. The molecule has 0 saturated carbocycles. The van der Waals surface area contributed by atoms with Gasteiger partial charge in [0.05, 0.1) is 18.8 Å². The number of carbonyl (C=O) groups excluding carboxylic acids is 2. The first-order chi connectivity index (χ1) is 9.08. The van der Waals surface area contributed by atoms with Gasteiger partial charge in [-0.2, -0.15) is 10.4 Å². The Kier molecular flexibility index (Phi) is 5.31. The van der Waals surface area contributed by atoms with Gasteiger partial charge in [-0.15, -0.1) is 6.42 Å². The molecular weight excluding hydrogens is 244 g/mol. The Balaban J connectivity index is 2.53. The van der Waals surface area contributed by atoms with Crippen molar-refractivity contribution in [2.75, 3.05) is 6.54 Å². The minimum Gasteiger partial charge on any atom is -0.344 e. The van der Waals surface area contributed by atoms with E-state index in [-0.39, 0.29) is 13.0 Å². The molecular formula is C13H14N4O2. The van der Waals surface area contributed by atoms with Gasteiger partial charge in [-0.1, -0.05) is 5.92 Å². The summed E-state index contributed by atoms with van der Waals surface area (Å²) in [7, 11) is 1.77. The first-order valence-corrected chi connectivity index (χ1v) is 5.69. The fourth-order valence-electron chi connectivity index (χ4n) is 1.53. The van der Waals surface area contributed by atoms with Gasteiger partial charge in [0.25, 0.3) is 0 Å². The first kappa shape index (κ1) is 14.5. The summed E-state index contributed by atoms with van der Waals surface area (Å²) in [5.41, 5.74) is 0.886. The maximum absolute atomic E-state index is 11.8. The molecule has 1 aromatic heterocycles. The normalized spacial score (nSPS) is 11.1. The maximum atomic E-state index is 11.8. The van der Waals surface area contributed by atoms with Crippen LogP contribution >= 0.6 is 0 Å². The van der Waals surface area contributed by atoms with Gasteiger partial charge >= 0.3 is 0 Å². The van der Waals surface area contributed by atoms with Crippen molar-refractivity contribution in [1.82, 2.24) is 15.1 Å². The van der Waals surface area contributed by atoms with E-state index >= 15 is 0 Å². The van der Waals surface area contributed by atoms with Crippen LogP contribution in [0.1, 0.15) is 12.0 Å². The van der Waals surface area contributed by atoms with Crippen LogP contribution in [0.5, 0.6) is 0 Å². The van der Waals surface area contributed by atoms with E-state index in [0.717, 1.165) is 5.56 Å². The minimum atomic E-state index is -1.30. The molecule has 0 aromatic carbocycles. The molecule has 0 bridgehead atoms. The molecule has 1 N–H and O–H groups in total. The molecule has 1 aromatic rings. The highest BCUT2D eigenvalue weighted by molar-refractivity contribution is 6.04. The molecule has 0 saturated heterocycles. The van der Waals surface area contributed by atoms with Crippen molar-refractivity contribution >= 4 is 11.7 Å². The summed E-state index contributed by atoms with van der Waals surface area (Å²) in [4.78, 5) is 23.3. The lowest BCUT2D eigenvalue weighted by Crippen LogP contribution is -2.34. The van der Waals surface area contributed by atoms with Crippen LogP contribution in [0.4, 0.5) is 0 Å². The zero-order valence-corrected chi connectivity index (χ0v) is 10.6. The van der Waals surface area contributed by atoms with E-state index in [4.69, 9.17) is 11.7 Å². The summed E-state index contributed by atoms with van der Waals surface area (Å²) in [6.45, 7) is 0.00684. The molecule has 98 valence electrons. The Bertz CT molecular complexity index is 548. The van der Waals surface area contributed by atoms with Gasteiger partial charge in [0, 0.05) is 19.7 Å². The van der Waals surface area contributed by atoms with Gasteiger partial charge in [0.1, 0.15) is 0 Å². The summed E-state index contributed by atoms with van der Waals surface area (Å²) < 4.78 is 1.63. The monoisotopic (exact) mass is 258 g/mol. The topological polar surface area (TPSA) is 87.8 Å². The number of nitrogens with zero attached hydrogens (tertiary/aromatic N) is 3. The van der Waals surface area contributed by atoms with Crippen molar-refractivity contribution in [3.05, 3.63) is 18.0 Å². The molecule has 1 heterocycles. The van der Waals surface area contributed by atoms with E-state index in [9.17, 15) is 9.59 Å². The van der Waals surface area contributed by atoms with Crippen molar-refractivity contribution in [1.29, 1.82) is 5.26 Å². The van der Waals surface area contributed by atoms with E-state index in [1.165, 1.54) is 0 Å². The smallest absolute Gasteiger partial charge is 0.245 e. The van der Waals surface area contributed by atoms with E-state index in [1.807, 2.05) is 0 Å². The van der Waals surface area contributed by atoms with Gasteiger partial charge in [-0.3, -0.25) is 14.3 Å². The second-order valence-corrected chi connectivity index (χ2v) is 3.97. The van der Waals surface area contributed by atoms with Gasteiger partial charge in [-0.25, -0.2) is 0 Å². The van der Waals surface area contributed by atoms with E-state index in [2.05, 4.69) is 16.3 Å². The predicted octanol–water partition coefficient (Wildman–Crippen LogP) is -0.189. The van der Waals surface area contributed by atoms with Crippen LogP contribution in [0.3, 0.4) is 0 Å². The molecule has 1 amide bonds. The van der Waals surface area contributed by atoms with Crippen molar-refractivity contribution in [3.8, 4) is 18.4 Å². The van der Waals surface area contributed by atoms with Crippen LogP contribution in [0.25, 0.3) is 0 Å². The van der Waals surface area contributed by atoms with E-state index in [1.54, 1.807) is 30.2 Å². The maximum Gasteiger partial charge on any atom is 0.245 e. The molecule has 19 heavy (non-hydrogen) atoms. The van der Waals surface area contributed by atoms with Gasteiger partial charge in [0.2, 0.25) is 5.91 Å². The van der Waals surface area contributed by atoms with Crippen molar-refractivity contribution in [3.63, 3.8) is 0 Å². The van der Waals surface area contributed by atoms with Crippen LogP contribution in [0.2, 0.25) is 0 Å². The minimum absolute atomic E-state index is 0.00684. The number of terminal acetylenes is 1. The molecule has 0 unspecified atom stereocenters. The van der Waals surface area contributed by atoms with Gasteiger partial charge in [0.15, 0.2) is 11.7 Å². The number of nitriles is 1. The molecule has 1 atom stereocenters. The number of aromatic nitrogens is 2. The van der Waals surface area contributed by atoms with Gasteiger partial charge in [-0.05, 0) is 12.0 Å². The zero-order valence-electron chi connectivity index (χ0n) is 10.6. The lowest BCUT2D eigenvalue weighted by molar-refractivity contribution is -0.131. The fourth-order valence-corrected chi connectivity index (χ4v) is 1.53. The number of amides is 1. The third-order valence-electron chi connectivity index (χ3n) is 2.50. The lowest BCUT2D eigenvalue weighted by atomic mass is 9.99. The summed E-state index contributed by atoms with van der Waals surface area (Å²) in [6, 6.07) is 1.70. The highest BCUT2D eigenvalue weighted by Gasteiger charge is 2.25. The van der Waals surface area contributed by atoms with Crippen LogP contribution in [0.15, 0.2) is 12.4 Å². The molecule has 0 radical (unpaired) electrons. The van der Waals surface area contributed by atoms with Gasteiger partial charge < -0.3 is 5.32 Å². The highest BCUT2D eigenvalue weighted by atomic mass is 16.2. The van der Waals surface area contributed by atoms with E-state index in [0.29, 0.717) is 6.42 Å². The van der Waals surface area contributed by atoms with E-state index < -0.39 is 17.6 Å². The Hall–Kier alpha value is -2.60. The third kappa shape index (κ3) is 4.29. The Morgan fingerprint density at radius 3 is 2.89 bits per heavy atom. The summed E-state index contributed by atoms with van der Waals surface area (Å²) in [5.74, 6) is -0.145. The fraction of sp³-hybridized carbons (Fsp3) is 0.385. The van der Waals surface area contributed by atoms with Crippen molar-refractivity contribution in [2.24, 2.45) is 13.0 Å². The number of aryl methyl sites for hydroxylation is 2. The standard InChI is InChI=1S/C13H14N4O2/c1-3-6-15-13(19)11(7-14)12(18)5-4-10-8-16-17(2)9-10/h1,8-9,11H,4-6H2,2H3,(H,15,19)/t11-/m1/s1. The van der Waals surface area contributed by atoms with Crippen LogP contribution in [-0.4, -0.2) is 28.0 Å². The molecule has 0 fully saturated rings. The number of Topliss-reactive ketones (excluding diaryl/α,β-unsaturated/α-hetero) is 1. The second kappa shape index (κ2) is 6.97. The summed E-state index contributed by atoms with van der Waals surface area (Å²) in [5, 5.41) is 15.2. The Labute approximate surface area is 111 Å². The molecule has 0 spiro atoms. The van der Waals surface area contributed by atoms with Crippen LogP contribution in [-0.2, 0) is 23.1 Å². The second-order valence-electron chi connectivity index (χ2n) is 3.97. The SMILES string of the molecule is C#CCNC(=O)[C@H](C#N)C(=O)CCc1cnn(C)c1. The largest absolute Gasteiger partial charge is 0.344 e. The summed E-state index contributed by atoms with van der Waals surface area (Å²) >= 11 is 0. The van der Waals surface area contributed by atoms with Crippen molar-refractivity contribution in [2.45, 2.75) is 12.8 Å². The Morgan fingerprint density at radius 2 is 2.37 bits per heavy atom. The lowest BCUT2D eigenvalue weighted by Gasteiger charge is -2.07. The number of ketones is 1. The zero-order chi connectivity index (χ0) is 14.3. The number of hydrogen-bond donors (Lipinski definition) is 1. The molecule has 6 nitrogen and oxygen atoms in total. The highest BCUT2D eigenvalue weighted by Crippen LogP contribution is 2.07. The van der Waals surface area contributed by atoms with Crippen LogP contribution < -0.4 is 5.32 Å². The average Bonchev–Trinajstić information content (AvgIpc) is 2.80. The summed E-state index contributed by atoms with van der Waals surface area (Å²) in [6.07, 6.45) is 8.99. The van der Waals surface area contributed by atoms with Crippen molar-refractivity contribution < 1.29 is 9.59 Å². The number of carbonyl (C=O) groups is 2. The average molecular weight is 258 g/mol. The molecule has 0 aliphatic carbocycles. The molecule has 6 heteroatoms. The Morgan fingerprint density at radius 1 is 1.63 bits per heavy atom. The third-order valence-corrected chi connectivity index (χ3v) is 2.50. The molecule has 0 aliphatic rings. The first-order valence-electron chi connectivity index (χ1n) is 5.69. The van der Waals surface area contributed by atoms with Crippen LogP contribution in [0, 0.1) is 29.6 Å². The predicted molar refractivity (Wildman–Crippen MR) is 67.5 cm³/mol. The quantitative estimate of drug-likeness (QED) is 0.566. The molecule has 1 rings (SSSR count).